The van der Waals surface area contributed by atoms with Crippen LogP contribution in [0.2, 0.25) is 0 Å². The molecule has 0 fully saturated rings. The first-order valence-electron chi connectivity index (χ1n) is 7.14. The minimum Gasteiger partial charge on any atom is -0.481 e. The van der Waals surface area contributed by atoms with Gasteiger partial charge in [-0.2, -0.15) is 0 Å². The molecule has 1 aromatic rings. The molecule has 2 amide bonds. The van der Waals surface area contributed by atoms with Gasteiger partial charge in [0.2, 0.25) is 11.8 Å². The summed E-state index contributed by atoms with van der Waals surface area (Å²) in [7, 11) is 0. The Morgan fingerprint density at radius 3 is 2.39 bits per heavy atom. The molecule has 2 atom stereocenters. The molecular formula is C16H17FN2O4. The summed E-state index contributed by atoms with van der Waals surface area (Å²) in [5.74, 6) is -3.99. The fourth-order valence-corrected chi connectivity index (χ4v) is 2.50. The topological polar surface area (TPSA) is 95.5 Å². The minimum atomic E-state index is -1.02. The van der Waals surface area contributed by atoms with Crippen molar-refractivity contribution in [1.29, 1.82) is 0 Å². The molecule has 3 N–H and O–H groups in total. The van der Waals surface area contributed by atoms with Crippen molar-refractivity contribution in [3.8, 4) is 0 Å². The van der Waals surface area contributed by atoms with E-state index in [0.29, 0.717) is 18.5 Å². The maximum atomic E-state index is 13.6. The lowest BCUT2D eigenvalue weighted by atomic mass is 9.82. The van der Waals surface area contributed by atoms with Crippen molar-refractivity contribution < 1.29 is 23.9 Å². The lowest BCUT2D eigenvalue weighted by Gasteiger charge is -2.24. The third kappa shape index (κ3) is 4.15. The molecule has 1 aliphatic carbocycles. The molecule has 2 rings (SSSR count). The Morgan fingerprint density at radius 2 is 1.78 bits per heavy atom. The van der Waals surface area contributed by atoms with E-state index >= 15 is 0 Å². The van der Waals surface area contributed by atoms with Gasteiger partial charge < -0.3 is 15.7 Å². The van der Waals surface area contributed by atoms with Crippen LogP contribution in [0.3, 0.4) is 0 Å². The summed E-state index contributed by atoms with van der Waals surface area (Å²) in [4.78, 5) is 34.6. The zero-order valence-electron chi connectivity index (χ0n) is 12.5. The lowest BCUT2D eigenvalue weighted by molar-refractivity contribution is -0.146. The number of benzene rings is 1. The van der Waals surface area contributed by atoms with Gasteiger partial charge in [0.05, 0.1) is 17.5 Å². The Bertz CT molecular complexity index is 672. The molecule has 0 aromatic heterocycles. The van der Waals surface area contributed by atoms with Gasteiger partial charge in [-0.15, -0.1) is 0 Å². The number of carbonyl (C=O) groups excluding carboxylic acids is 2. The summed E-state index contributed by atoms with van der Waals surface area (Å²) in [6.45, 7) is 1.25. The normalized spacial score (nSPS) is 19.9. The van der Waals surface area contributed by atoms with E-state index < -0.39 is 35.4 Å². The van der Waals surface area contributed by atoms with Gasteiger partial charge in [0.25, 0.3) is 0 Å². The Morgan fingerprint density at radius 1 is 1.13 bits per heavy atom. The third-order valence-electron chi connectivity index (χ3n) is 3.63. The minimum absolute atomic E-state index is 0.0476. The van der Waals surface area contributed by atoms with Crippen LogP contribution in [0.15, 0.2) is 30.4 Å². The number of hydrogen-bond donors (Lipinski definition) is 3. The Kier molecular flexibility index (Phi) is 5.10. The number of aliphatic carboxylic acids is 1. The van der Waals surface area contributed by atoms with Crippen LogP contribution >= 0.6 is 0 Å². The molecular weight excluding hydrogens is 303 g/mol. The molecule has 6 nitrogen and oxygen atoms in total. The van der Waals surface area contributed by atoms with Gasteiger partial charge in [0.1, 0.15) is 5.82 Å². The van der Waals surface area contributed by atoms with E-state index in [0.717, 1.165) is 6.07 Å². The number of anilines is 2. The molecule has 0 unspecified atom stereocenters. The largest absolute Gasteiger partial charge is 0.481 e. The summed E-state index contributed by atoms with van der Waals surface area (Å²) in [5.41, 5.74) is 0.243. The summed E-state index contributed by atoms with van der Waals surface area (Å²) < 4.78 is 13.6. The van der Waals surface area contributed by atoms with Crippen LogP contribution < -0.4 is 10.6 Å². The molecule has 7 heteroatoms. The quantitative estimate of drug-likeness (QED) is 0.742. The van der Waals surface area contributed by atoms with Crippen LogP contribution in [-0.4, -0.2) is 22.9 Å². The molecule has 1 aromatic carbocycles. The Labute approximate surface area is 132 Å². The predicted molar refractivity (Wildman–Crippen MR) is 82.3 cm³/mol. The molecule has 0 spiro atoms. The number of halogens is 1. The zero-order chi connectivity index (χ0) is 17.0. The molecule has 0 saturated carbocycles. The van der Waals surface area contributed by atoms with Crippen LogP contribution in [0, 0.1) is 17.7 Å². The average Bonchev–Trinajstić information content (AvgIpc) is 2.50. The summed E-state index contributed by atoms with van der Waals surface area (Å²) in [5, 5.41) is 14.1. The first-order valence-corrected chi connectivity index (χ1v) is 7.14. The zero-order valence-corrected chi connectivity index (χ0v) is 12.5. The van der Waals surface area contributed by atoms with Crippen molar-refractivity contribution in [1.82, 2.24) is 0 Å². The Hall–Kier alpha value is -2.70. The van der Waals surface area contributed by atoms with Gasteiger partial charge >= 0.3 is 5.97 Å². The van der Waals surface area contributed by atoms with Gasteiger partial charge in [-0.3, -0.25) is 14.4 Å². The van der Waals surface area contributed by atoms with Crippen LogP contribution in [-0.2, 0) is 14.4 Å². The first-order chi connectivity index (χ1) is 10.9. The van der Waals surface area contributed by atoms with E-state index in [9.17, 15) is 23.9 Å². The smallest absolute Gasteiger partial charge is 0.307 e. The second kappa shape index (κ2) is 7.04. The average molecular weight is 320 g/mol. The SMILES string of the molecule is CC(=O)Nc1cc(NC(=O)[C@H]2CC=CC[C@H]2C(=O)O)ccc1F. The molecule has 0 radical (unpaired) electrons. The van der Waals surface area contributed by atoms with Gasteiger partial charge in [0, 0.05) is 12.6 Å². The maximum absolute atomic E-state index is 13.6. The molecule has 1 aliphatic rings. The standard InChI is InChI=1S/C16H17FN2O4/c1-9(20)18-14-8-10(6-7-13(14)17)19-15(21)11-4-2-3-5-12(11)16(22)23/h2-3,6-8,11-12H,4-5H2,1H3,(H,18,20)(H,19,21)(H,22,23)/t11-,12+/m0/s1. The fraction of sp³-hybridized carbons (Fsp3) is 0.312. The van der Waals surface area contributed by atoms with Crippen molar-refractivity contribution in [3.05, 3.63) is 36.2 Å². The van der Waals surface area contributed by atoms with Crippen molar-refractivity contribution in [2.75, 3.05) is 10.6 Å². The fourth-order valence-electron chi connectivity index (χ4n) is 2.50. The highest BCUT2D eigenvalue weighted by atomic mass is 19.1. The Balaban J connectivity index is 2.15. The van der Waals surface area contributed by atoms with E-state index in [4.69, 9.17) is 0 Å². The summed E-state index contributed by atoms with van der Waals surface area (Å²) in [6, 6.07) is 3.77. The number of amides is 2. The first kappa shape index (κ1) is 16.7. The molecule has 0 bridgehead atoms. The highest BCUT2D eigenvalue weighted by Gasteiger charge is 2.33. The maximum Gasteiger partial charge on any atom is 0.307 e. The van der Waals surface area contributed by atoms with E-state index in [1.807, 2.05) is 0 Å². The number of hydrogen-bond acceptors (Lipinski definition) is 3. The van der Waals surface area contributed by atoms with Gasteiger partial charge in [0.15, 0.2) is 0 Å². The van der Waals surface area contributed by atoms with Crippen molar-refractivity contribution in [2.45, 2.75) is 19.8 Å². The monoisotopic (exact) mass is 320 g/mol. The number of carboxylic acid groups (broad SMARTS) is 1. The molecule has 0 aliphatic heterocycles. The molecule has 23 heavy (non-hydrogen) atoms. The number of rotatable bonds is 4. The summed E-state index contributed by atoms with van der Waals surface area (Å²) in [6.07, 6.45) is 4.16. The van der Waals surface area contributed by atoms with Crippen molar-refractivity contribution in [3.63, 3.8) is 0 Å². The lowest BCUT2D eigenvalue weighted by Crippen LogP contribution is -2.34. The number of nitrogens with one attached hydrogen (secondary N) is 2. The van der Waals surface area contributed by atoms with E-state index in [-0.39, 0.29) is 5.69 Å². The van der Waals surface area contributed by atoms with E-state index in [1.54, 1.807) is 12.2 Å². The highest BCUT2D eigenvalue weighted by molar-refractivity contribution is 5.96. The second-order valence-corrected chi connectivity index (χ2v) is 5.36. The van der Waals surface area contributed by atoms with Gasteiger partial charge in [-0.05, 0) is 31.0 Å². The number of allylic oxidation sites excluding steroid dienone is 2. The van der Waals surface area contributed by atoms with E-state index in [2.05, 4.69) is 10.6 Å². The van der Waals surface area contributed by atoms with Crippen molar-refractivity contribution >= 4 is 29.2 Å². The van der Waals surface area contributed by atoms with Crippen molar-refractivity contribution in [2.24, 2.45) is 11.8 Å². The van der Waals surface area contributed by atoms with Gasteiger partial charge in [-0.1, -0.05) is 12.2 Å². The van der Waals surface area contributed by atoms with Crippen LogP contribution in [0.4, 0.5) is 15.8 Å². The number of carboxylic acids is 1. The van der Waals surface area contributed by atoms with Crippen LogP contribution in [0.5, 0.6) is 0 Å². The summed E-state index contributed by atoms with van der Waals surface area (Å²) >= 11 is 0. The molecule has 122 valence electrons. The van der Waals surface area contributed by atoms with Crippen LogP contribution in [0.1, 0.15) is 19.8 Å². The highest BCUT2D eigenvalue weighted by Crippen LogP contribution is 2.28. The van der Waals surface area contributed by atoms with Crippen LogP contribution in [0.25, 0.3) is 0 Å². The molecule has 0 heterocycles. The predicted octanol–water partition coefficient (Wildman–Crippen LogP) is 2.39. The molecule has 0 saturated heterocycles. The third-order valence-corrected chi connectivity index (χ3v) is 3.63. The van der Waals surface area contributed by atoms with Gasteiger partial charge in [-0.25, -0.2) is 4.39 Å². The second-order valence-electron chi connectivity index (χ2n) is 5.36. The number of carbonyl (C=O) groups is 3. The van der Waals surface area contributed by atoms with E-state index in [1.165, 1.54) is 19.1 Å².